The Kier molecular flexibility index (Phi) is 3.91. The van der Waals surface area contributed by atoms with Gasteiger partial charge in [0, 0.05) is 5.41 Å². The minimum atomic E-state index is -0.303. The Labute approximate surface area is 75.5 Å². The maximum atomic E-state index is 11.6. The molecular formula is C10H21NO. The lowest BCUT2D eigenvalue weighted by Gasteiger charge is -2.25. The van der Waals surface area contributed by atoms with Crippen molar-refractivity contribution < 1.29 is 4.79 Å². The molecule has 0 bridgehead atoms. The quantitative estimate of drug-likeness (QED) is 0.705. The molecule has 0 aromatic rings. The van der Waals surface area contributed by atoms with Crippen LogP contribution in [-0.2, 0) is 4.79 Å². The van der Waals surface area contributed by atoms with Crippen molar-refractivity contribution in [3.63, 3.8) is 0 Å². The van der Waals surface area contributed by atoms with Crippen molar-refractivity contribution in [1.82, 2.24) is 0 Å². The van der Waals surface area contributed by atoms with E-state index in [1.807, 2.05) is 27.7 Å². The summed E-state index contributed by atoms with van der Waals surface area (Å²) in [5, 5.41) is 0. The van der Waals surface area contributed by atoms with Gasteiger partial charge in [0.2, 0.25) is 0 Å². The number of nitrogens with two attached hydrogens (primary N) is 1. The molecule has 0 amide bonds. The summed E-state index contributed by atoms with van der Waals surface area (Å²) in [4.78, 5) is 11.6. The summed E-state index contributed by atoms with van der Waals surface area (Å²) in [6.45, 7) is 9.82. The summed E-state index contributed by atoms with van der Waals surface area (Å²) < 4.78 is 0. The van der Waals surface area contributed by atoms with Crippen molar-refractivity contribution in [2.24, 2.45) is 17.1 Å². The largest absolute Gasteiger partial charge is 0.321 e. The molecule has 0 aliphatic rings. The highest BCUT2D eigenvalue weighted by Gasteiger charge is 2.29. The number of rotatable bonds is 3. The molecule has 0 unspecified atom stereocenters. The predicted octanol–water partition coefficient (Wildman–Crippen LogP) is 1.98. The molecule has 0 heterocycles. The van der Waals surface area contributed by atoms with E-state index in [9.17, 15) is 4.79 Å². The monoisotopic (exact) mass is 171 g/mol. The molecule has 2 nitrogen and oxygen atoms in total. The van der Waals surface area contributed by atoms with E-state index >= 15 is 0 Å². The van der Waals surface area contributed by atoms with E-state index in [1.54, 1.807) is 0 Å². The van der Waals surface area contributed by atoms with Crippen molar-refractivity contribution in [2.75, 3.05) is 0 Å². The Morgan fingerprint density at radius 2 is 1.83 bits per heavy atom. The van der Waals surface area contributed by atoms with Crippen LogP contribution in [0.25, 0.3) is 0 Å². The van der Waals surface area contributed by atoms with Crippen LogP contribution in [0.1, 0.15) is 41.0 Å². The Morgan fingerprint density at radius 3 is 2.08 bits per heavy atom. The lowest BCUT2D eigenvalue weighted by atomic mass is 9.82. The van der Waals surface area contributed by atoms with Gasteiger partial charge in [-0.25, -0.2) is 0 Å². The van der Waals surface area contributed by atoms with Crippen molar-refractivity contribution in [3.8, 4) is 0 Å². The van der Waals surface area contributed by atoms with Crippen LogP contribution in [-0.4, -0.2) is 11.8 Å². The van der Waals surface area contributed by atoms with Crippen LogP contribution in [0.5, 0.6) is 0 Å². The minimum absolute atomic E-state index is 0.164. The van der Waals surface area contributed by atoms with Gasteiger partial charge in [0.25, 0.3) is 0 Å². The van der Waals surface area contributed by atoms with Crippen LogP contribution >= 0.6 is 0 Å². The molecule has 0 saturated carbocycles. The summed E-state index contributed by atoms with van der Waals surface area (Å²) in [7, 11) is 0. The first-order valence-electron chi connectivity index (χ1n) is 4.60. The summed E-state index contributed by atoms with van der Waals surface area (Å²) >= 11 is 0. The van der Waals surface area contributed by atoms with Gasteiger partial charge in [-0.05, 0) is 5.92 Å². The average Bonchev–Trinajstić information content (AvgIpc) is 1.98. The highest BCUT2D eigenvalue weighted by atomic mass is 16.1. The van der Waals surface area contributed by atoms with Gasteiger partial charge in [0.1, 0.15) is 0 Å². The summed E-state index contributed by atoms with van der Waals surface area (Å²) in [6.07, 6.45) is 0.961. The molecule has 0 aliphatic heterocycles. The Morgan fingerprint density at radius 1 is 1.42 bits per heavy atom. The molecule has 0 rings (SSSR count). The zero-order valence-electron chi connectivity index (χ0n) is 8.85. The Hall–Kier alpha value is -0.370. The van der Waals surface area contributed by atoms with Gasteiger partial charge in [0.05, 0.1) is 6.04 Å². The molecule has 0 aromatic heterocycles. The van der Waals surface area contributed by atoms with Gasteiger partial charge in [-0.15, -0.1) is 0 Å². The molecule has 0 aliphatic carbocycles. The maximum absolute atomic E-state index is 11.6. The second kappa shape index (κ2) is 4.04. The smallest absolute Gasteiger partial charge is 0.155 e. The van der Waals surface area contributed by atoms with E-state index in [-0.39, 0.29) is 23.2 Å². The minimum Gasteiger partial charge on any atom is -0.321 e. The molecule has 12 heavy (non-hydrogen) atoms. The van der Waals surface area contributed by atoms with Gasteiger partial charge < -0.3 is 5.73 Å². The van der Waals surface area contributed by atoms with Crippen LogP contribution in [0, 0.1) is 11.3 Å². The lowest BCUT2D eigenvalue weighted by molar-refractivity contribution is -0.128. The van der Waals surface area contributed by atoms with E-state index in [0.29, 0.717) is 0 Å². The molecule has 2 N–H and O–H groups in total. The van der Waals surface area contributed by atoms with Gasteiger partial charge in [-0.2, -0.15) is 0 Å². The molecule has 0 aromatic carbocycles. The van der Waals surface area contributed by atoms with E-state index in [0.717, 1.165) is 6.42 Å². The van der Waals surface area contributed by atoms with Crippen molar-refractivity contribution in [1.29, 1.82) is 0 Å². The van der Waals surface area contributed by atoms with Crippen molar-refractivity contribution in [3.05, 3.63) is 0 Å². The molecule has 2 heteroatoms. The summed E-state index contributed by atoms with van der Waals surface area (Å²) in [6, 6.07) is -0.296. The van der Waals surface area contributed by atoms with E-state index in [1.165, 1.54) is 0 Å². The molecule has 72 valence electrons. The third kappa shape index (κ3) is 2.94. The van der Waals surface area contributed by atoms with Gasteiger partial charge in [-0.3, -0.25) is 4.79 Å². The van der Waals surface area contributed by atoms with Gasteiger partial charge in [-0.1, -0.05) is 41.0 Å². The van der Waals surface area contributed by atoms with E-state index < -0.39 is 0 Å². The predicted molar refractivity (Wildman–Crippen MR) is 51.9 cm³/mol. The number of hydrogen-bond acceptors (Lipinski definition) is 2. The van der Waals surface area contributed by atoms with Crippen molar-refractivity contribution >= 4 is 5.78 Å². The Balaban J connectivity index is 4.30. The maximum Gasteiger partial charge on any atom is 0.155 e. The third-order valence-electron chi connectivity index (χ3n) is 2.30. The van der Waals surface area contributed by atoms with Crippen LogP contribution in [0.15, 0.2) is 0 Å². The fourth-order valence-electron chi connectivity index (χ4n) is 1.01. The molecule has 0 saturated heterocycles. The SMILES string of the molecule is CC[C@@H](C)[C@@H](N)C(=O)C(C)(C)C. The second-order valence-corrected chi connectivity index (χ2v) is 4.53. The number of Topliss-reactive ketones (excluding diaryl/α,β-unsaturated/α-hetero) is 1. The summed E-state index contributed by atoms with van der Waals surface area (Å²) in [5.74, 6) is 0.452. The van der Waals surface area contributed by atoms with Crippen molar-refractivity contribution in [2.45, 2.75) is 47.1 Å². The fraction of sp³-hybridized carbons (Fsp3) is 0.900. The van der Waals surface area contributed by atoms with E-state index in [4.69, 9.17) is 5.73 Å². The number of ketones is 1. The van der Waals surface area contributed by atoms with Gasteiger partial charge in [0.15, 0.2) is 5.78 Å². The molecule has 0 fully saturated rings. The highest BCUT2D eigenvalue weighted by Crippen LogP contribution is 2.20. The topological polar surface area (TPSA) is 43.1 Å². The number of carbonyl (C=O) groups is 1. The number of carbonyl (C=O) groups excluding carboxylic acids is 1. The molecule has 0 radical (unpaired) electrons. The van der Waals surface area contributed by atoms with Crippen LogP contribution in [0.2, 0.25) is 0 Å². The zero-order chi connectivity index (χ0) is 9.94. The van der Waals surface area contributed by atoms with Crippen LogP contribution in [0.4, 0.5) is 0 Å². The molecule has 2 atom stereocenters. The average molecular weight is 171 g/mol. The first-order valence-corrected chi connectivity index (χ1v) is 4.60. The Bertz CT molecular complexity index is 158. The normalized spacial score (nSPS) is 17.2. The third-order valence-corrected chi connectivity index (χ3v) is 2.30. The first-order chi connectivity index (χ1) is 5.30. The van der Waals surface area contributed by atoms with Crippen LogP contribution in [0.3, 0.4) is 0 Å². The van der Waals surface area contributed by atoms with Crippen LogP contribution < -0.4 is 5.73 Å². The lowest BCUT2D eigenvalue weighted by Crippen LogP contribution is -2.43. The number of hydrogen-bond donors (Lipinski definition) is 1. The second-order valence-electron chi connectivity index (χ2n) is 4.53. The van der Waals surface area contributed by atoms with Gasteiger partial charge >= 0.3 is 0 Å². The molecular weight excluding hydrogens is 150 g/mol. The standard InChI is InChI=1S/C10H21NO/c1-6-7(2)8(11)9(12)10(3,4)5/h7-8H,6,11H2,1-5H3/t7-,8-/m1/s1. The summed E-state index contributed by atoms with van der Waals surface area (Å²) in [5.41, 5.74) is 5.51. The fourth-order valence-corrected chi connectivity index (χ4v) is 1.01. The highest BCUT2D eigenvalue weighted by molar-refractivity contribution is 5.88. The first kappa shape index (κ1) is 11.6. The molecule has 0 spiro atoms. The van der Waals surface area contributed by atoms with E-state index in [2.05, 4.69) is 6.92 Å². The zero-order valence-corrected chi connectivity index (χ0v) is 8.85.